The number of methoxy groups -OCH3 is 1. The molecule has 2 rings (SSSR count). The molecule has 1 fully saturated rings. The van der Waals surface area contributed by atoms with E-state index in [-0.39, 0.29) is 5.97 Å². The first-order valence-corrected chi connectivity index (χ1v) is 4.97. The number of nitrogens with zero attached hydrogens (tertiary/aromatic N) is 2. The number of ether oxygens (including phenoxy) is 1. The lowest BCUT2D eigenvalue weighted by molar-refractivity contribution is 0.0590. The Morgan fingerprint density at radius 3 is 2.81 bits per heavy atom. The number of isocyanates is 1. The SMILES string of the molecule is COC(=O)c1cc(C2(N=C=O)CC2)cn1C. The summed E-state index contributed by atoms with van der Waals surface area (Å²) in [5, 5.41) is 0. The maximum atomic E-state index is 11.4. The molecule has 0 spiro atoms. The van der Waals surface area contributed by atoms with Crippen LogP contribution in [0.4, 0.5) is 0 Å². The number of hydrogen-bond donors (Lipinski definition) is 0. The molecule has 5 heteroatoms. The van der Waals surface area contributed by atoms with E-state index in [1.165, 1.54) is 7.11 Å². The van der Waals surface area contributed by atoms with Gasteiger partial charge >= 0.3 is 5.97 Å². The minimum atomic E-state index is -0.439. The molecule has 0 N–H and O–H groups in total. The number of hydrogen-bond acceptors (Lipinski definition) is 4. The first kappa shape index (κ1) is 10.6. The first-order chi connectivity index (χ1) is 7.63. The molecule has 1 aromatic heterocycles. The number of carbonyl (C=O) groups excluding carboxylic acids is 2. The van der Waals surface area contributed by atoms with Crippen LogP contribution in [0.2, 0.25) is 0 Å². The van der Waals surface area contributed by atoms with Crippen molar-refractivity contribution in [3.63, 3.8) is 0 Å². The van der Waals surface area contributed by atoms with E-state index in [9.17, 15) is 9.59 Å². The minimum absolute atomic E-state index is 0.389. The van der Waals surface area contributed by atoms with Gasteiger partial charge in [-0.15, -0.1) is 0 Å². The topological polar surface area (TPSA) is 60.7 Å². The highest BCUT2D eigenvalue weighted by Gasteiger charge is 2.46. The van der Waals surface area contributed by atoms with E-state index in [1.807, 2.05) is 0 Å². The molecule has 0 atom stereocenters. The van der Waals surface area contributed by atoms with E-state index in [0.29, 0.717) is 5.69 Å². The van der Waals surface area contributed by atoms with Gasteiger partial charge in [-0.25, -0.2) is 9.59 Å². The van der Waals surface area contributed by atoms with Gasteiger partial charge in [-0.1, -0.05) is 0 Å². The second-order valence-corrected chi connectivity index (χ2v) is 3.95. The zero-order valence-corrected chi connectivity index (χ0v) is 9.19. The van der Waals surface area contributed by atoms with Crippen LogP contribution in [0, 0.1) is 0 Å². The number of rotatable bonds is 3. The van der Waals surface area contributed by atoms with Gasteiger partial charge in [-0.05, 0) is 24.5 Å². The van der Waals surface area contributed by atoms with E-state index in [1.54, 1.807) is 30.0 Å². The molecule has 1 aliphatic carbocycles. The summed E-state index contributed by atoms with van der Waals surface area (Å²) in [6, 6.07) is 1.72. The summed E-state index contributed by atoms with van der Waals surface area (Å²) in [5.41, 5.74) is 0.898. The molecule has 0 bridgehead atoms. The molecule has 1 heterocycles. The summed E-state index contributed by atoms with van der Waals surface area (Å²) >= 11 is 0. The number of carbonyl (C=O) groups is 1. The third kappa shape index (κ3) is 1.55. The van der Waals surface area contributed by atoms with Gasteiger partial charge in [0.05, 0.1) is 12.6 Å². The number of aryl methyl sites for hydroxylation is 1. The molecule has 84 valence electrons. The summed E-state index contributed by atoms with van der Waals surface area (Å²) in [6.45, 7) is 0. The Hall–Kier alpha value is -1.87. The zero-order valence-electron chi connectivity index (χ0n) is 9.19. The van der Waals surface area contributed by atoms with Gasteiger partial charge in [0.25, 0.3) is 0 Å². The summed E-state index contributed by atoms with van der Waals surface area (Å²) in [5.74, 6) is -0.389. The second-order valence-electron chi connectivity index (χ2n) is 3.95. The van der Waals surface area contributed by atoms with Crippen LogP contribution in [0.1, 0.15) is 28.9 Å². The fourth-order valence-corrected chi connectivity index (χ4v) is 1.80. The van der Waals surface area contributed by atoms with Gasteiger partial charge in [0, 0.05) is 13.2 Å². The Morgan fingerprint density at radius 2 is 2.31 bits per heavy atom. The average Bonchev–Trinajstić information content (AvgIpc) is 2.94. The molecule has 1 aliphatic rings. The average molecular weight is 220 g/mol. The second kappa shape index (κ2) is 3.61. The number of esters is 1. The molecular weight excluding hydrogens is 208 g/mol. The van der Waals surface area contributed by atoms with Gasteiger partial charge in [0.2, 0.25) is 6.08 Å². The molecule has 0 amide bonds. The molecule has 0 unspecified atom stereocenters. The maximum absolute atomic E-state index is 11.4. The first-order valence-electron chi connectivity index (χ1n) is 4.97. The van der Waals surface area contributed by atoms with Gasteiger partial charge < -0.3 is 9.30 Å². The molecule has 1 saturated carbocycles. The molecule has 0 saturated heterocycles. The lowest BCUT2D eigenvalue weighted by atomic mass is 10.1. The van der Waals surface area contributed by atoms with Crippen LogP contribution < -0.4 is 0 Å². The van der Waals surface area contributed by atoms with Crippen molar-refractivity contribution in [1.29, 1.82) is 0 Å². The highest BCUT2D eigenvalue weighted by atomic mass is 16.5. The highest BCUT2D eigenvalue weighted by Crippen LogP contribution is 2.49. The normalized spacial score (nSPS) is 16.4. The smallest absolute Gasteiger partial charge is 0.354 e. The molecule has 16 heavy (non-hydrogen) atoms. The standard InChI is InChI=1S/C11H12N2O3/c1-13-6-8(5-9(13)10(15)16-2)11(3-4-11)12-7-14/h5-6H,3-4H2,1-2H3. The third-order valence-electron chi connectivity index (χ3n) is 2.92. The van der Waals surface area contributed by atoms with E-state index < -0.39 is 5.54 Å². The quantitative estimate of drug-likeness (QED) is 0.436. The Labute approximate surface area is 92.7 Å². The fourth-order valence-electron chi connectivity index (χ4n) is 1.80. The zero-order chi connectivity index (χ0) is 11.8. The van der Waals surface area contributed by atoms with Crippen molar-refractivity contribution >= 4 is 12.0 Å². The predicted octanol–water partition coefficient (Wildman–Crippen LogP) is 1.14. The molecule has 0 aliphatic heterocycles. The highest BCUT2D eigenvalue weighted by molar-refractivity contribution is 5.88. The van der Waals surface area contributed by atoms with Crippen molar-refractivity contribution in [2.45, 2.75) is 18.4 Å². The van der Waals surface area contributed by atoms with Crippen LogP contribution in [0.5, 0.6) is 0 Å². The van der Waals surface area contributed by atoms with Crippen molar-refractivity contribution in [3.8, 4) is 0 Å². The van der Waals surface area contributed by atoms with Crippen LogP contribution in [0.25, 0.3) is 0 Å². The van der Waals surface area contributed by atoms with Crippen LogP contribution in [0.3, 0.4) is 0 Å². The van der Waals surface area contributed by atoms with Crippen LogP contribution >= 0.6 is 0 Å². The Morgan fingerprint density at radius 1 is 1.62 bits per heavy atom. The van der Waals surface area contributed by atoms with Crippen LogP contribution in [-0.4, -0.2) is 23.7 Å². The van der Waals surface area contributed by atoms with E-state index >= 15 is 0 Å². The summed E-state index contributed by atoms with van der Waals surface area (Å²) < 4.78 is 6.34. The molecule has 1 aromatic rings. The van der Waals surface area contributed by atoms with E-state index in [4.69, 9.17) is 0 Å². The number of aromatic nitrogens is 1. The van der Waals surface area contributed by atoms with E-state index in [2.05, 4.69) is 9.73 Å². The summed E-state index contributed by atoms with van der Waals surface area (Å²) in [4.78, 5) is 25.5. The molecule has 0 aromatic carbocycles. The largest absolute Gasteiger partial charge is 0.464 e. The Balaban J connectivity index is 2.38. The van der Waals surface area contributed by atoms with Gasteiger partial charge in [-0.3, -0.25) is 0 Å². The van der Waals surface area contributed by atoms with Crippen LogP contribution in [-0.2, 0) is 22.1 Å². The summed E-state index contributed by atoms with van der Waals surface area (Å²) in [6.07, 6.45) is 5.05. The van der Waals surface area contributed by atoms with Crippen molar-refractivity contribution in [2.75, 3.05) is 7.11 Å². The summed E-state index contributed by atoms with van der Waals surface area (Å²) in [7, 11) is 3.10. The van der Waals surface area contributed by atoms with Crippen LogP contribution in [0.15, 0.2) is 17.3 Å². The maximum Gasteiger partial charge on any atom is 0.354 e. The lowest BCUT2D eigenvalue weighted by Crippen LogP contribution is -2.06. The Bertz CT molecular complexity index is 479. The monoisotopic (exact) mass is 220 g/mol. The van der Waals surface area contributed by atoms with Crippen molar-refractivity contribution in [3.05, 3.63) is 23.5 Å². The lowest BCUT2D eigenvalue weighted by Gasteiger charge is -2.02. The van der Waals surface area contributed by atoms with E-state index in [0.717, 1.165) is 18.4 Å². The third-order valence-corrected chi connectivity index (χ3v) is 2.92. The Kier molecular flexibility index (Phi) is 2.40. The minimum Gasteiger partial charge on any atom is -0.464 e. The predicted molar refractivity (Wildman–Crippen MR) is 55.8 cm³/mol. The van der Waals surface area contributed by atoms with Gasteiger partial charge in [0.15, 0.2) is 0 Å². The molecular formula is C11H12N2O3. The fraction of sp³-hybridized carbons (Fsp3) is 0.455. The number of aliphatic imine (C=N–C) groups is 1. The van der Waals surface area contributed by atoms with Gasteiger partial charge in [0.1, 0.15) is 5.69 Å². The molecule has 5 nitrogen and oxygen atoms in total. The van der Waals surface area contributed by atoms with Gasteiger partial charge in [-0.2, -0.15) is 4.99 Å². The van der Waals surface area contributed by atoms with Crippen molar-refractivity contribution < 1.29 is 14.3 Å². The van der Waals surface area contributed by atoms with Crippen molar-refractivity contribution in [1.82, 2.24) is 4.57 Å². The van der Waals surface area contributed by atoms with Crippen molar-refractivity contribution in [2.24, 2.45) is 12.0 Å². The molecule has 0 radical (unpaired) electrons.